The third kappa shape index (κ3) is 4.23. The van der Waals surface area contributed by atoms with E-state index in [9.17, 15) is 4.79 Å². The van der Waals surface area contributed by atoms with E-state index in [0.717, 1.165) is 39.0 Å². The van der Waals surface area contributed by atoms with Crippen molar-refractivity contribution in [3.63, 3.8) is 0 Å². The van der Waals surface area contributed by atoms with Crippen molar-refractivity contribution in [2.24, 2.45) is 0 Å². The van der Waals surface area contributed by atoms with Gasteiger partial charge in [-0.15, -0.1) is 0 Å². The molecular formula is C14H24N4O2. The van der Waals surface area contributed by atoms with E-state index in [0.29, 0.717) is 12.6 Å². The highest BCUT2D eigenvalue weighted by Crippen LogP contribution is 2.11. The maximum absolute atomic E-state index is 11.6. The number of rotatable bonds is 5. The number of carbonyl (C=O) groups is 1. The van der Waals surface area contributed by atoms with Gasteiger partial charge in [-0.05, 0) is 32.3 Å². The van der Waals surface area contributed by atoms with Crippen LogP contribution < -0.4 is 5.32 Å². The van der Waals surface area contributed by atoms with Crippen LogP contribution in [0.1, 0.15) is 25.3 Å². The lowest BCUT2D eigenvalue weighted by Crippen LogP contribution is -2.45. The van der Waals surface area contributed by atoms with E-state index >= 15 is 0 Å². The van der Waals surface area contributed by atoms with Gasteiger partial charge in [-0.25, -0.2) is 4.79 Å². The Morgan fingerprint density at radius 1 is 1.50 bits per heavy atom. The fourth-order valence-corrected chi connectivity index (χ4v) is 2.45. The molecule has 20 heavy (non-hydrogen) atoms. The van der Waals surface area contributed by atoms with Crippen LogP contribution in [0.3, 0.4) is 0 Å². The van der Waals surface area contributed by atoms with Crippen LogP contribution in [0.15, 0.2) is 12.4 Å². The van der Waals surface area contributed by atoms with Gasteiger partial charge in [-0.3, -0.25) is 4.68 Å². The largest absolute Gasteiger partial charge is 0.450 e. The number of hydrogen-bond donors (Lipinski definition) is 1. The Bertz CT molecular complexity index is 425. The molecule has 1 aliphatic heterocycles. The Morgan fingerprint density at radius 2 is 2.25 bits per heavy atom. The molecule has 0 aliphatic carbocycles. The van der Waals surface area contributed by atoms with Crippen molar-refractivity contribution in [1.29, 1.82) is 0 Å². The van der Waals surface area contributed by atoms with Crippen LogP contribution in [-0.4, -0.2) is 53.1 Å². The molecule has 1 fully saturated rings. The predicted octanol–water partition coefficient (Wildman–Crippen LogP) is 1.40. The van der Waals surface area contributed by atoms with Crippen molar-refractivity contribution in [2.45, 2.75) is 39.3 Å². The third-order valence-electron chi connectivity index (χ3n) is 3.56. The lowest BCUT2D eigenvalue weighted by molar-refractivity contribution is 0.0950. The lowest BCUT2D eigenvalue weighted by Gasteiger charge is -2.31. The number of ether oxygens (including phenoxy) is 1. The van der Waals surface area contributed by atoms with Crippen molar-refractivity contribution in [2.75, 3.05) is 26.2 Å². The molecule has 0 unspecified atom stereocenters. The summed E-state index contributed by atoms with van der Waals surface area (Å²) >= 11 is 0. The summed E-state index contributed by atoms with van der Waals surface area (Å²) in [5, 5.41) is 7.79. The van der Waals surface area contributed by atoms with E-state index in [4.69, 9.17) is 4.74 Å². The summed E-state index contributed by atoms with van der Waals surface area (Å²) in [4.78, 5) is 13.4. The SMILES string of the molecule is CCOC(=O)N1CCC(NCCn2cc(C)cn2)CC1. The van der Waals surface area contributed by atoms with Crippen LogP contribution in [-0.2, 0) is 11.3 Å². The Hall–Kier alpha value is -1.56. The summed E-state index contributed by atoms with van der Waals surface area (Å²) < 4.78 is 6.97. The molecule has 1 N–H and O–H groups in total. The van der Waals surface area contributed by atoms with Crippen molar-refractivity contribution in [3.8, 4) is 0 Å². The summed E-state index contributed by atoms with van der Waals surface area (Å²) in [5.74, 6) is 0. The van der Waals surface area contributed by atoms with Crippen LogP contribution in [0.4, 0.5) is 4.79 Å². The number of piperidine rings is 1. The van der Waals surface area contributed by atoms with Gasteiger partial charge < -0.3 is 15.0 Å². The first kappa shape index (κ1) is 14.8. The number of carbonyl (C=O) groups excluding carboxylic acids is 1. The molecule has 0 saturated carbocycles. The Morgan fingerprint density at radius 3 is 2.85 bits per heavy atom. The van der Waals surface area contributed by atoms with Crippen molar-refractivity contribution in [3.05, 3.63) is 18.0 Å². The average Bonchev–Trinajstić information content (AvgIpc) is 2.85. The van der Waals surface area contributed by atoms with Gasteiger partial charge in [-0.2, -0.15) is 5.10 Å². The van der Waals surface area contributed by atoms with E-state index in [2.05, 4.69) is 10.4 Å². The Balaban J connectivity index is 1.63. The second-order valence-electron chi connectivity index (χ2n) is 5.20. The normalized spacial score (nSPS) is 16.4. The van der Waals surface area contributed by atoms with Gasteiger partial charge in [0.1, 0.15) is 0 Å². The monoisotopic (exact) mass is 280 g/mol. The van der Waals surface area contributed by atoms with Gasteiger partial charge >= 0.3 is 6.09 Å². The minimum absolute atomic E-state index is 0.182. The molecule has 1 amide bonds. The fraction of sp³-hybridized carbons (Fsp3) is 0.714. The molecule has 1 aromatic heterocycles. The maximum Gasteiger partial charge on any atom is 0.409 e. The first-order chi connectivity index (χ1) is 9.69. The summed E-state index contributed by atoms with van der Waals surface area (Å²) in [7, 11) is 0. The predicted molar refractivity (Wildman–Crippen MR) is 76.6 cm³/mol. The quantitative estimate of drug-likeness (QED) is 0.886. The molecule has 0 spiro atoms. The molecule has 2 rings (SSSR count). The minimum Gasteiger partial charge on any atom is -0.450 e. The summed E-state index contributed by atoms with van der Waals surface area (Å²) in [6.45, 7) is 7.66. The molecule has 0 bridgehead atoms. The summed E-state index contributed by atoms with van der Waals surface area (Å²) in [5.41, 5.74) is 1.19. The highest BCUT2D eigenvalue weighted by molar-refractivity contribution is 5.67. The maximum atomic E-state index is 11.6. The van der Waals surface area contributed by atoms with Crippen molar-refractivity contribution < 1.29 is 9.53 Å². The lowest BCUT2D eigenvalue weighted by atomic mass is 10.1. The highest BCUT2D eigenvalue weighted by Gasteiger charge is 2.22. The molecule has 1 aromatic rings. The topological polar surface area (TPSA) is 59.4 Å². The standard InChI is InChI=1S/C14H24N4O2/c1-3-20-14(19)17-7-4-13(5-8-17)15-6-9-18-11-12(2)10-16-18/h10-11,13,15H,3-9H2,1-2H3. The second kappa shape index (κ2) is 7.28. The molecule has 0 atom stereocenters. The van der Waals surface area contributed by atoms with Crippen molar-refractivity contribution in [1.82, 2.24) is 20.0 Å². The van der Waals surface area contributed by atoms with E-state index < -0.39 is 0 Å². The van der Waals surface area contributed by atoms with Gasteiger partial charge in [0.2, 0.25) is 0 Å². The van der Waals surface area contributed by atoms with Crippen LogP contribution in [0.25, 0.3) is 0 Å². The minimum atomic E-state index is -0.182. The number of amides is 1. The van der Waals surface area contributed by atoms with Crippen molar-refractivity contribution >= 4 is 6.09 Å². The zero-order valence-electron chi connectivity index (χ0n) is 12.3. The molecule has 1 saturated heterocycles. The van der Waals surface area contributed by atoms with Crippen LogP contribution in [0.2, 0.25) is 0 Å². The van der Waals surface area contributed by atoms with Gasteiger partial charge in [-0.1, -0.05) is 0 Å². The van der Waals surface area contributed by atoms with Gasteiger partial charge in [0.25, 0.3) is 0 Å². The zero-order chi connectivity index (χ0) is 14.4. The zero-order valence-corrected chi connectivity index (χ0v) is 12.3. The summed E-state index contributed by atoms with van der Waals surface area (Å²) in [6.07, 6.45) is 5.70. The number of nitrogens with zero attached hydrogens (tertiary/aromatic N) is 3. The van der Waals surface area contributed by atoms with Crippen LogP contribution in [0, 0.1) is 6.92 Å². The first-order valence-corrected chi connectivity index (χ1v) is 7.33. The number of hydrogen-bond acceptors (Lipinski definition) is 4. The van der Waals surface area contributed by atoms with E-state index in [1.54, 1.807) is 4.90 Å². The third-order valence-corrected chi connectivity index (χ3v) is 3.56. The number of likely N-dealkylation sites (tertiary alicyclic amines) is 1. The van der Waals surface area contributed by atoms with Gasteiger partial charge in [0.05, 0.1) is 19.3 Å². The second-order valence-corrected chi connectivity index (χ2v) is 5.20. The number of aryl methyl sites for hydroxylation is 1. The smallest absolute Gasteiger partial charge is 0.409 e. The molecule has 1 aliphatic rings. The molecule has 2 heterocycles. The molecule has 6 nitrogen and oxygen atoms in total. The van der Waals surface area contributed by atoms with Gasteiger partial charge in [0.15, 0.2) is 0 Å². The number of nitrogens with one attached hydrogen (secondary N) is 1. The first-order valence-electron chi connectivity index (χ1n) is 7.33. The molecule has 112 valence electrons. The molecule has 0 aromatic carbocycles. The Labute approximate surface area is 120 Å². The molecular weight excluding hydrogens is 256 g/mol. The summed E-state index contributed by atoms with van der Waals surface area (Å²) in [6, 6.07) is 0.484. The fourth-order valence-electron chi connectivity index (χ4n) is 2.45. The van der Waals surface area contributed by atoms with E-state index in [-0.39, 0.29) is 6.09 Å². The highest BCUT2D eigenvalue weighted by atomic mass is 16.6. The Kier molecular flexibility index (Phi) is 5.40. The van der Waals surface area contributed by atoms with Crippen LogP contribution in [0.5, 0.6) is 0 Å². The van der Waals surface area contributed by atoms with E-state index in [1.807, 2.05) is 30.9 Å². The van der Waals surface area contributed by atoms with Crippen LogP contribution >= 0.6 is 0 Å². The average molecular weight is 280 g/mol. The van der Waals surface area contributed by atoms with Gasteiger partial charge in [0, 0.05) is 31.9 Å². The molecule has 6 heteroatoms. The number of aromatic nitrogens is 2. The van der Waals surface area contributed by atoms with E-state index in [1.165, 1.54) is 5.56 Å². The molecule has 0 radical (unpaired) electrons.